The topological polar surface area (TPSA) is 0 Å². The van der Waals surface area contributed by atoms with Gasteiger partial charge in [0.1, 0.15) is 0 Å². The molecular formula is C118H218Cl10Zr5. The molecular weight excluding hydrogens is 2230 g/mol. The van der Waals surface area contributed by atoms with Gasteiger partial charge in [0.15, 0.2) is 0 Å². The summed E-state index contributed by atoms with van der Waals surface area (Å²) >= 11 is -4.13. The Morgan fingerprint density at radius 2 is 0.323 bits per heavy atom. The van der Waals surface area contributed by atoms with Crippen molar-refractivity contribution in [3.05, 3.63) is 110 Å². The van der Waals surface area contributed by atoms with Gasteiger partial charge in [-0.05, 0) is 336 Å². The van der Waals surface area contributed by atoms with E-state index in [0.29, 0.717) is 0 Å². The van der Waals surface area contributed by atoms with Crippen LogP contribution < -0.4 is 0 Å². The van der Waals surface area contributed by atoms with Crippen molar-refractivity contribution in [3.63, 3.8) is 0 Å². The molecule has 0 N–H and O–H groups in total. The molecule has 0 bridgehead atoms. The number of halogens is 10. The van der Waals surface area contributed by atoms with Crippen LogP contribution in [0.15, 0.2) is 30.3 Å². The van der Waals surface area contributed by atoms with Crippen LogP contribution in [0.3, 0.4) is 0 Å². The molecule has 0 saturated heterocycles. The maximum absolute atomic E-state index is 4.93. The van der Waals surface area contributed by atoms with E-state index in [4.69, 9.17) is 85.1 Å². The summed E-state index contributed by atoms with van der Waals surface area (Å²) in [4.78, 5) is 0. The Labute approximate surface area is 931 Å². The quantitative estimate of drug-likeness (QED) is 0.246. The molecule has 780 valence electrons. The molecule has 20 aliphatic carbocycles. The van der Waals surface area contributed by atoms with Gasteiger partial charge in [0, 0.05) is 0 Å². The van der Waals surface area contributed by atoms with E-state index in [2.05, 4.69) is 113 Å². The van der Waals surface area contributed by atoms with E-state index in [9.17, 15) is 0 Å². The molecule has 0 heterocycles. The standard InChI is InChI=1S/C19H26.2C14H24.2C13H22.2C10H20.3C5H10.10CH3.10ClH.5Zr/c1-2-6-14(7-3-1)17-12-16-11-10-15-8-4-5-9-18(15)19(16)13-17;2*1-10-8-12-7-6-11-4-2-3-5-13(11)14(12)9-10;2*1-3-7-12-10(5-1)9-11-6-2-4-8-13(11)12;2*1-6-7(2)9(4)10(5)8(6)3;3*1-2-4-5-3-1;;;;;;;;;;;;;;;;;;;;;;;;;/h1-3,6-7,15-19H,4-5,8-13H2;2*10-14H,2-9H2,1H3;2*10-13H,1-9H2;2*6-10H,1-5H3;3*1-5H2;10*1H3;10*1H;;;;;/q;;;;;;;;;;10*-1;;;;;;;;;;;5*+4/p-10. The molecule has 21 rings (SSSR count). The van der Waals surface area contributed by atoms with Crippen LogP contribution in [0, 0.1) is 264 Å². The third kappa shape index (κ3) is 49.0. The van der Waals surface area contributed by atoms with E-state index in [1.807, 2.05) is 0 Å². The van der Waals surface area contributed by atoms with Crippen molar-refractivity contribution in [3.8, 4) is 0 Å². The molecule has 0 nitrogen and oxygen atoms in total. The van der Waals surface area contributed by atoms with Gasteiger partial charge in [-0.25, -0.2) is 0 Å². The molecule has 23 atom stereocenters. The van der Waals surface area contributed by atoms with Crippen molar-refractivity contribution >= 4 is 85.1 Å². The van der Waals surface area contributed by atoms with E-state index >= 15 is 0 Å². The monoisotopic (exact) mass is 2430 g/mol. The molecule has 23 unspecified atom stereocenters. The van der Waals surface area contributed by atoms with Crippen LogP contribution >= 0.6 is 85.1 Å². The first-order chi connectivity index (χ1) is 59.7. The zero-order valence-electron chi connectivity index (χ0n) is 91.0. The average molecular weight is 2450 g/mol. The molecule has 20 aliphatic rings. The molecule has 0 aliphatic heterocycles. The molecule has 1 aromatic carbocycles. The van der Waals surface area contributed by atoms with Gasteiger partial charge < -0.3 is 74.3 Å². The number of fused-ring (bicyclic) bond motifs is 15. The SMILES string of the molecule is C1CCC2C(C1)CC1CCCCC12.C1CCC2C(C1)CC1CCCCC12.C1CCCC1.C1CCCC1.C1CCCC1.CC1C(C)C(C)C(C)C1C.CC1C(C)C(C)C(C)C1C.CC1CC2CCC3CCCCC3C2C1.CC1CC2CCC3CCCCC3C2C1.[CH3-].[CH3-].[CH3-].[CH3-].[CH3-].[CH3-].[CH3-].[CH3-].[CH3-].[CH3-].[Cl][Zr+2][Cl].[Cl][Zr+2][Cl].[Cl][Zr+2][Cl].[Cl][Zr+2][Cl].[Cl][Zr+2][Cl].c1ccc(C2CC3CCC4CCCCC4C3C2)cc1. The van der Waals surface area contributed by atoms with Gasteiger partial charge in [0.2, 0.25) is 0 Å². The third-order valence-electron chi connectivity index (χ3n) is 39.5. The molecule has 0 amide bonds. The van der Waals surface area contributed by atoms with Crippen LogP contribution in [0.4, 0.5) is 0 Å². The Bertz CT molecular complexity index is 2420. The Morgan fingerprint density at radius 1 is 0.165 bits per heavy atom. The number of benzene rings is 1. The molecule has 1 aromatic rings. The summed E-state index contributed by atoms with van der Waals surface area (Å²) in [6.45, 7) is 28.9. The smallest absolute Gasteiger partial charge is 0.0156 e. The van der Waals surface area contributed by atoms with Crippen molar-refractivity contribution < 1.29 is 104 Å². The summed E-state index contributed by atoms with van der Waals surface area (Å²) in [7, 11) is 49.3. The summed E-state index contributed by atoms with van der Waals surface area (Å²) in [5.74, 6) is 35.3. The summed E-state index contributed by atoms with van der Waals surface area (Å²) in [5, 5.41) is 0. The second-order valence-corrected chi connectivity index (χ2v) is 64.1. The summed E-state index contributed by atoms with van der Waals surface area (Å²) in [6, 6.07) is 11.3. The zero-order valence-corrected chi connectivity index (χ0v) is 111. The Kier molecular flexibility index (Phi) is 93.2. The summed E-state index contributed by atoms with van der Waals surface area (Å²) in [6.07, 6.45) is 88.0. The third-order valence-corrected chi connectivity index (χ3v) is 39.5. The van der Waals surface area contributed by atoms with Crippen molar-refractivity contribution in [1.29, 1.82) is 0 Å². The average Bonchev–Trinajstić information content (AvgIpc) is 1.68. The van der Waals surface area contributed by atoms with Gasteiger partial charge in [-0.15, -0.1) is 0 Å². The first-order valence-electron chi connectivity index (χ1n) is 53.5. The van der Waals surface area contributed by atoms with Gasteiger partial charge in [0.05, 0.1) is 0 Å². The maximum Gasteiger partial charge on any atom is -0.0156 e. The van der Waals surface area contributed by atoms with E-state index in [-0.39, 0.29) is 74.3 Å². The van der Waals surface area contributed by atoms with Gasteiger partial charge in [-0.2, -0.15) is 0 Å². The first kappa shape index (κ1) is 146. The fourth-order valence-electron chi connectivity index (χ4n) is 32.0. The van der Waals surface area contributed by atoms with Gasteiger partial charge in [-0.3, -0.25) is 0 Å². The molecule has 0 aromatic heterocycles. The van der Waals surface area contributed by atoms with Crippen molar-refractivity contribution in [2.24, 2.45) is 189 Å². The van der Waals surface area contributed by atoms with Crippen molar-refractivity contribution in [2.45, 2.75) is 455 Å². The minimum absolute atomic E-state index is 0. The fraction of sp³-hybridized carbons (Fsp3) is 0.864. The van der Waals surface area contributed by atoms with E-state index in [1.165, 1.54) is 189 Å². The second kappa shape index (κ2) is 85.0. The Morgan fingerprint density at radius 3 is 0.534 bits per heavy atom. The first-order valence-corrected chi connectivity index (χ1v) is 85.2. The van der Waals surface area contributed by atoms with Crippen LogP contribution in [-0.2, 0) is 104 Å². The fourth-order valence-corrected chi connectivity index (χ4v) is 32.0. The van der Waals surface area contributed by atoms with Crippen molar-refractivity contribution in [2.75, 3.05) is 0 Å². The van der Waals surface area contributed by atoms with E-state index in [0.717, 1.165) is 148 Å². The van der Waals surface area contributed by atoms with Crippen LogP contribution in [0.2, 0.25) is 0 Å². The van der Waals surface area contributed by atoms with Crippen LogP contribution in [0.5, 0.6) is 0 Å². The zero-order chi connectivity index (χ0) is 89.0. The molecule has 20 saturated carbocycles. The minimum Gasteiger partial charge on any atom is -0.0622 e. The molecule has 0 spiro atoms. The summed E-state index contributed by atoms with van der Waals surface area (Å²) < 4.78 is 0. The maximum atomic E-state index is 4.93. The predicted molar refractivity (Wildman–Crippen MR) is 595 cm³/mol. The van der Waals surface area contributed by atoms with Gasteiger partial charge >= 0.3 is 189 Å². The number of hydrogen-bond acceptors (Lipinski definition) is 0. The largest absolute Gasteiger partial charge is 0.0622 e. The van der Waals surface area contributed by atoms with Gasteiger partial charge in [-0.1, -0.05) is 345 Å². The number of rotatable bonds is 1. The van der Waals surface area contributed by atoms with Crippen LogP contribution in [-0.4, -0.2) is 0 Å². The van der Waals surface area contributed by atoms with E-state index < -0.39 is 104 Å². The summed E-state index contributed by atoms with van der Waals surface area (Å²) in [5.41, 5.74) is 1.62. The molecule has 15 heteroatoms. The van der Waals surface area contributed by atoms with E-state index in [1.54, 1.807) is 230 Å². The van der Waals surface area contributed by atoms with Crippen LogP contribution in [0.25, 0.3) is 0 Å². The number of hydrogen-bond donors (Lipinski definition) is 0. The Hall–Kier alpha value is 6.54. The predicted octanol–water partition coefficient (Wildman–Crippen LogP) is 45.5. The minimum atomic E-state index is -0.826. The van der Waals surface area contributed by atoms with Gasteiger partial charge in [0.25, 0.3) is 0 Å². The normalized spacial score (nSPS) is 38.2. The van der Waals surface area contributed by atoms with Crippen LogP contribution in [0.1, 0.15) is 461 Å². The molecule has 20 fully saturated rings. The van der Waals surface area contributed by atoms with Crippen molar-refractivity contribution in [1.82, 2.24) is 0 Å². The Balaban J connectivity index is -0.000000689. The molecule has 0 radical (unpaired) electrons. The molecule has 133 heavy (non-hydrogen) atoms. The second-order valence-electron chi connectivity index (χ2n) is 45.4.